The van der Waals surface area contributed by atoms with Gasteiger partial charge in [-0.05, 0) is 53.4 Å². The Morgan fingerprint density at radius 1 is 1.21 bits per heavy atom. The molecule has 0 aliphatic heterocycles. The zero-order valence-electron chi connectivity index (χ0n) is 12.6. The summed E-state index contributed by atoms with van der Waals surface area (Å²) in [5.41, 5.74) is 5.03. The maximum Gasteiger partial charge on any atom is 0.234 e. The fourth-order valence-electron chi connectivity index (χ4n) is 2.40. The molecule has 0 radical (unpaired) electrons. The van der Waals surface area contributed by atoms with Crippen molar-refractivity contribution in [3.8, 4) is 0 Å². The largest absolute Gasteiger partial charge is 0.370 e. The third kappa shape index (κ3) is 2.30. The molecule has 1 aromatic rings. The highest BCUT2D eigenvalue weighted by Gasteiger charge is 2.44. The standard InChI is InChI=1S/C14H25N3O2/c1-12(2,13(3,4)15)11-16-10(17-19-11)14(18-5)8-6-7-9-14/h6-9,15H2,1-5H3. The minimum Gasteiger partial charge on any atom is -0.370 e. The number of rotatable bonds is 4. The lowest BCUT2D eigenvalue weighted by molar-refractivity contribution is -0.0178. The first-order valence-corrected chi connectivity index (χ1v) is 6.92. The monoisotopic (exact) mass is 267 g/mol. The van der Waals surface area contributed by atoms with Crippen molar-refractivity contribution >= 4 is 0 Å². The van der Waals surface area contributed by atoms with Crippen LogP contribution in [0.25, 0.3) is 0 Å². The van der Waals surface area contributed by atoms with E-state index in [1.807, 2.05) is 27.7 Å². The molecule has 1 aromatic heterocycles. The minimum atomic E-state index is -0.438. The fourth-order valence-corrected chi connectivity index (χ4v) is 2.40. The van der Waals surface area contributed by atoms with Gasteiger partial charge in [-0.2, -0.15) is 4.98 Å². The fraction of sp³-hybridized carbons (Fsp3) is 0.857. The van der Waals surface area contributed by atoms with Gasteiger partial charge in [0, 0.05) is 12.6 Å². The zero-order valence-corrected chi connectivity index (χ0v) is 12.6. The molecule has 19 heavy (non-hydrogen) atoms. The molecule has 0 saturated heterocycles. The molecule has 0 amide bonds. The summed E-state index contributed by atoms with van der Waals surface area (Å²) < 4.78 is 11.2. The average Bonchev–Trinajstić information content (AvgIpc) is 2.97. The number of nitrogens with two attached hydrogens (primary N) is 1. The lowest BCUT2D eigenvalue weighted by atomic mass is 9.75. The zero-order chi connectivity index (χ0) is 14.3. The molecule has 1 aliphatic carbocycles. The van der Waals surface area contributed by atoms with Crippen molar-refractivity contribution in [3.05, 3.63) is 11.7 Å². The number of methoxy groups -OCH3 is 1. The first kappa shape index (κ1) is 14.5. The van der Waals surface area contributed by atoms with Crippen LogP contribution in [0, 0.1) is 0 Å². The SMILES string of the molecule is COC1(c2noc(C(C)(C)C(C)(C)N)n2)CCCC1. The van der Waals surface area contributed by atoms with Crippen molar-refractivity contribution in [2.24, 2.45) is 5.73 Å². The van der Waals surface area contributed by atoms with Crippen molar-refractivity contribution in [1.29, 1.82) is 0 Å². The van der Waals surface area contributed by atoms with Crippen LogP contribution < -0.4 is 5.73 Å². The molecule has 0 aromatic carbocycles. The quantitative estimate of drug-likeness (QED) is 0.907. The molecule has 0 bridgehead atoms. The van der Waals surface area contributed by atoms with E-state index in [-0.39, 0.29) is 11.0 Å². The predicted octanol–water partition coefficient (Wildman–Crippen LogP) is 2.50. The molecular weight excluding hydrogens is 242 g/mol. The Morgan fingerprint density at radius 2 is 1.79 bits per heavy atom. The molecule has 5 nitrogen and oxygen atoms in total. The van der Waals surface area contributed by atoms with Gasteiger partial charge in [0.15, 0.2) is 0 Å². The van der Waals surface area contributed by atoms with Crippen LogP contribution in [-0.4, -0.2) is 22.8 Å². The molecule has 0 unspecified atom stereocenters. The Labute approximate surface area is 114 Å². The molecule has 2 rings (SSSR count). The van der Waals surface area contributed by atoms with Gasteiger partial charge in [0.25, 0.3) is 0 Å². The molecule has 0 spiro atoms. The summed E-state index contributed by atoms with van der Waals surface area (Å²) in [4.78, 5) is 4.59. The summed E-state index contributed by atoms with van der Waals surface area (Å²) >= 11 is 0. The van der Waals surface area contributed by atoms with Crippen LogP contribution in [0.4, 0.5) is 0 Å². The molecule has 1 aliphatic rings. The van der Waals surface area contributed by atoms with Crippen LogP contribution in [0.3, 0.4) is 0 Å². The Kier molecular flexibility index (Phi) is 3.47. The van der Waals surface area contributed by atoms with E-state index in [1.54, 1.807) is 7.11 Å². The summed E-state index contributed by atoms with van der Waals surface area (Å²) in [7, 11) is 1.72. The Hall–Kier alpha value is -0.940. The van der Waals surface area contributed by atoms with Crippen LogP contribution in [0.2, 0.25) is 0 Å². The van der Waals surface area contributed by atoms with E-state index in [1.165, 1.54) is 0 Å². The Balaban J connectivity index is 2.34. The summed E-state index contributed by atoms with van der Waals surface area (Å²) in [6.45, 7) is 7.99. The van der Waals surface area contributed by atoms with Crippen molar-refractivity contribution in [3.63, 3.8) is 0 Å². The van der Waals surface area contributed by atoms with E-state index < -0.39 is 5.54 Å². The summed E-state index contributed by atoms with van der Waals surface area (Å²) in [5, 5.41) is 4.15. The third-order valence-electron chi connectivity index (χ3n) is 4.78. The second kappa shape index (κ2) is 4.56. The van der Waals surface area contributed by atoms with Gasteiger partial charge < -0.3 is 15.0 Å². The Morgan fingerprint density at radius 3 is 2.26 bits per heavy atom. The number of hydrogen-bond acceptors (Lipinski definition) is 5. The van der Waals surface area contributed by atoms with Crippen LogP contribution in [0.5, 0.6) is 0 Å². The van der Waals surface area contributed by atoms with Crippen LogP contribution in [-0.2, 0) is 15.8 Å². The van der Waals surface area contributed by atoms with Gasteiger partial charge in [-0.3, -0.25) is 0 Å². The normalized spacial score (nSPS) is 19.9. The van der Waals surface area contributed by atoms with Crippen molar-refractivity contribution in [2.45, 2.75) is 69.9 Å². The average molecular weight is 267 g/mol. The summed E-state index contributed by atoms with van der Waals surface area (Å²) in [6, 6.07) is 0. The van der Waals surface area contributed by atoms with Crippen LogP contribution in [0.1, 0.15) is 65.1 Å². The highest BCUT2D eigenvalue weighted by Crippen LogP contribution is 2.41. The second-order valence-electron chi connectivity index (χ2n) is 6.68. The van der Waals surface area contributed by atoms with Gasteiger partial charge in [-0.1, -0.05) is 5.16 Å². The van der Waals surface area contributed by atoms with Crippen molar-refractivity contribution < 1.29 is 9.26 Å². The third-order valence-corrected chi connectivity index (χ3v) is 4.78. The maximum atomic E-state index is 6.21. The van der Waals surface area contributed by atoms with Gasteiger partial charge >= 0.3 is 0 Å². The highest BCUT2D eigenvalue weighted by atomic mass is 16.5. The van der Waals surface area contributed by atoms with Gasteiger partial charge in [-0.25, -0.2) is 0 Å². The molecule has 0 atom stereocenters. The van der Waals surface area contributed by atoms with Crippen LogP contribution in [0.15, 0.2) is 4.52 Å². The lowest BCUT2D eigenvalue weighted by Crippen LogP contribution is -2.50. The maximum absolute atomic E-state index is 6.21. The molecule has 1 heterocycles. The first-order chi connectivity index (χ1) is 8.73. The number of ether oxygens (including phenoxy) is 1. The molecule has 1 saturated carbocycles. The smallest absolute Gasteiger partial charge is 0.234 e. The topological polar surface area (TPSA) is 74.2 Å². The van der Waals surface area contributed by atoms with E-state index in [2.05, 4.69) is 10.1 Å². The molecule has 5 heteroatoms. The first-order valence-electron chi connectivity index (χ1n) is 6.92. The lowest BCUT2D eigenvalue weighted by Gasteiger charge is -2.34. The predicted molar refractivity (Wildman–Crippen MR) is 72.7 cm³/mol. The molecule has 108 valence electrons. The number of hydrogen-bond donors (Lipinski definition) is 1. The molecule has 2 N–H and O–H groups in total. The highest BCUT2D eigenvalue weighted by molar-refractivity contribution is 5.13. The van der Waals surface area contributed by atoms with Gasteiger partial charge in [0.1, 0.15) is 5.60 Å². The van der Waals surface area contributed by atoms with Crippen molar-refractivity contribution in [1.82, 2.24) is 10.1 Å². The van der Waals surface area contributed by atoms with Crippen molar-refractivity contribution in [2.75, 3.05) is 7.11 Å². The van der Waals surface area contributed by atoms with Gasteiger partial charge in [0.2, 0.25) is 11.7 Å². The van der Waals surface area contributed by atoms with E-state index in [4.69, 9.17) is 15.0 Å². The second-order valence-corrected chi connectivity index (χ2v) is 6.68. The number of nitrogens with zero attached hydrogens (tertiary/aromatic N) is 2. The van der Waals surface area contributed by atoms with Gasteiger partial charge in [-0.15, -0.1) is 0 Å². The van der Waals surface area contributed by atoms with Gasteiger partial charge in [0.05, 0.1) is 5.41 Å². The van der Waals surface area contributed by atoms with E-state index in [9.17, 15) is 0 Å². The number of aromatic nitrogens is 2. The Bertz CT molecular complexity index is 423. The van der Waals surface area contributed by atoms with E-state index in [0.29, 0.717) is 11.7 Å². The summed E-state index contributed by atoms with van der Waals surface area (Å²) in [5.74, 6) is 1.25. The van der Waals surface area contributed by atoms with E-state index >= 15 is 0 Å². The minimum absolute atomic E-state index is 0.365. The molecule has 1 fully saturated rings. The van der Waals surface area contributed by atoms with Crippen LogP contribution >= 0.6 is 0 Å². The summed E-state index contributed by atoms with van der Waals surface area (Å²) in [6.07, 6.45) is 4.19. The molecular formula is C14H25N3O2. The van der Waals surface area contributed by atoms with E-state index in [0.717, 1.165) is 25.7 Å².